The van der Waals surface area contributed by atoms with Crippen molar-refractivity contribution in [2.24, 2.45) is 5.41 Å². The molecule has 0 saturated heterocycles. The quantitative estimate of drug-likeness (QED) is 0.509. The smallest absolute Gasteiger partial charge is 0.221 e. The Morgan fingerprint density at radius 2 is 2.33 bits per heavy atom. The van der Waals surface area contributed by atoms with Gasteiger partial charge in [-0.25, -0.2) is 6.57 Å². The highest BCUT2D eigenvalue weighted by Gasteiger charge is 2.45. The third-order valence-electron chi connectivity index (χ3n) is 1.83. The normalized spacial score (nSPS) is 19.8. The lowest BCUT2D eigenvalue weighted by Gasteiger charge is -1.97. The maximum absolute atomic E-state index is 8.32. The van der Waals surface area contributed by atoms with Crippen LogP contribution in [-0.2, 0) is 0 Å². The molecule has 0 radical (unpaired) electrons. The van der Waals surface area contributed by atoms with Crippen LogP contribution in [0.3, 0.4) is 0 Å². The molecule has 1 saturated carbocycles. The van der Waals surface area contributed by atoms with Crippen molar-refractivity contribution >= 4 is 0 Å². The maximum atomic E-state index is 8.32. The molecule has 0 spiro atoms. The predicted octanol–water partition coefficient (Wildman–Crippen LogP) is 1.60. The fourth-order valence-corrected chi connectivity index (χ4v) is 0.903. The van der Waals surface area contributed by atoms with Crippen LogP contribution in [0.5, 0.6) is 0 Å². The molecule has 0 heterocycles. The van der Waals surface area contributed by atoms with Crippen LogP contribution in [-0.4, -0.2) is 6.54 Å². The lowest BCUT2D eigenvalue weighted by Crippen LogP contribution is -2.01. The van der Waals surface area contributed by atoms with Crippen molar-refractivity contribution in [3.63, 3.8) is 0 Å². The number of hydrogen-bond acceptors (Lipinski definition) is 1. The molecule has 2 nitrogen and oxygen atoms in total. The van der Waals surface area contributed by atoms with E-state index in [1.54, 1.807) is 0 Å². The minimum Gasteiger partial charge on any atom is -0.316 e. The van der Waals surface area contributed by atoms with Gasteiger partial charge in [-0.2, -0.15) is 5.26 Å². The van der Waals surface area contributed by atoms with Crippen LogP contribution in [0.2, 0.25) is 0 Å². The van der Waals surface area contributed by atoms with Crippen LogP contribution in [0.25, 0.3) is 4.85 Å². The molecule has 0 unspecified atom stereocenters. The second kappa shape index (κ2) is 2.07. The summed E-state index contributed by atoms with van der Waals surface area (Å²) in [4.78, 5) is 3.29. The van der Waals surface area contributed by atoms with Crippen LogP contribution in [0.15, 0.2) is 0 Å². The van der Waals surface area contributed by atoms with E-state index in [1.807, 2.05) is 0 Å². The fourth-order valence-electron chi connectivity index (χ4n) is 0.903. The second-order valence-electron chi connectivity index (χ2n) is 2.65. The van der Waals surface area contributed by atoms with Gasteiger partial charge in [-0.3, -0.25) is 0 Å². The van der Waals surface area contributed by atoms with Gasteiger partial charge in [0.25, 0.3) is 0 Å². The average molecular weight is 120 g/mol. The predicted molar refractivity (Wildman–Crippen MR) is 33.4 cm³/mol. The van der Waals surface area contributed by atoms with E-state index in [1.165, 1.54) is 0 Å². The molecule has 0 aromatic rings. The van der Waals surface area contributed by atoms with Gasteiger partial charge in [0.05, 0.1) is 11.5 Å². The maximum Gasteiger partial charge on any atom is 0.221 e. The number of rotatable bonds is 2. The van der Waals surface area contributed by atoms with E-state index in [2.05, 4.69) is 10.9 Å². The number of nitriles is 1. The van der Waals surface area contributed by atoms with Gasteiger partial charge in [0.15, 0.2) is 0 Å². The highest BCUT2D eigenvalue weighted by Crippen LogP contribution is 2.48. The second-order valence-corrected chi connectivity index (χ2v) is 2.65. The molecule has 1 aliphatic carbocycles. The molecule has 0 aromatic heterocycles. The van der Waals surface area contributed by atoms with E-state index in [9.17, 15) is 0 Å². The minimum atomic E-state index is 0.135. The fraction of sp³-hybridized carbons (Fsp3) is 0.714. The van der Waals surface area contributed by atoms with Gasteiger partial charge >= 0.3 is 0 Å². The first-order chi connectivity index (χ1) is 4.33. The summed E-state index contributed by atoms with van der Waals surface area (Å²) in [6.07, 6.45) is 2.75. The highest BCUT2D eigenvalue weighted by atomic mass is 14.7. The first-order valence-corrected chi connectivity index (χ1v) is 3.03. The van der Waals surface area contributed by atoms with Gasteiger partial charge in [0.2, 0.25) is 6.54 Å². The summed E-state index contributed by atoms with van der Waals surface area (Å²) in [6.45, 7) is 7.15. The van der Waals surface area contributed by atoms with E-state index < -0.39 is 0 Å². The van der Waals surface area contributed by atoms with E-state index in [4.69, 9.17) is 11.8 Å². The zero-order valence-electron chi connectivity index (χ0n) is 5.22. The zero-order chi connectivity index (χ0) is 6.74. The van der Waals surface area contributed by atoms with Crippen LogP contribution in [0, 0.1) is 23.3 Å². The molecule has 1 aliphatic rings. The van der Waals surface area contributed by atoms with E-state index in [0.717, 1.165) is 12.8 Å². The van der Waals surface area contributed by atoms with E-state index >= 15 is 0 Å². The molecule has 9 heavy (non-hydrogen) atoms. The average Bonchev–Trinajstić information content (AvgIpc) is 2.51. The summed E-state index contributed by atoms with van der Waals surface area (Å²) in [7, 11) is 0. The Bertz CT molecular complexity index is 160. The third-order valence-corrected chi connectivity index (χ3v) is 1.83. The largest absolute Gasteiger partial charge is 0.316 e. The van der Waals surface area contributed by atoms with Crippen molar-refractivity contribution < 1.29 is 0 Å². The standard InChI is InChI=1S/C7H8N2/c1-9-6-7(2-3-7)4-5-8/h2-4,6H2. The van der Waals surface area contributed by atoms with Gasteiger partial charge in [0.1, 0.15) is 0 Å². The van der Waals surface area contributed by atoms with Crippen LogP contribution >= 0.6 is 0 Å². The van der Waals surface area contributed by atoms with Gasteiger partial charge in [-0.1, -0.05) is 0 Å². The lowest BCUT2D eigenvalue weighted by atomic mass is 10.0. The summed E-state index contributed by atoms with van der Waals surface area (Å²) in [5.74, 6) is 0. The summed E-state index contributed by atoms with van der Waals surface area (Å²) in [5, 5.41) is 8.32. The number of hydrogen-bond donors (Lipinski definition) is 0. The summed E-state index contributed by atoms with van der Waals surface area (Å²) < 4.78 is 0. The molecule has 0 aromatic carbocycles. The van der Waals surface area contributed by atoms with E-state index in [-0.39, 0.29) is 5.41 Å². The van der Waals surface area contributed by atoms with Crippen molar-refractivity contribution in [2.45, 2.75) is 19.3 Å². The SMILES string of the molecule is [C-]#[N+]CC1(CC#N)CC1. The Balaban J connectivity index is 2.38. The van der Waals surface area contributed by atoms with Gasteiger partial charge < -0.3 is 4.85 Å². The van der Waals surface area contributed by atoms with Crippen molar-refractivity contribution in [3.05, 3.63) is 11.4 Å². The number of nitrogens with zero attached hydrogens (tertiary/aromatic N) is 2. The Labute approximate surface area is 54.9 Å². The van der Waals surface area contributed by atoms with Crippen LogP contribution in [0.4, 0.5) is 0 Å². The molecule has 0 atom stereocenters. The van der Waals surface area contributed by atoms with Crippen molar-refractivity contribution in [2.75, 3.05) is 6.54 Å². The molecular formula is C7H8N2. The molecule has 0 amide bonds. The first kappa shape index (κ1) is 6.11. The lowest BCUT2D eigenvalue weighted by molar-refractivity contribution is 0.573. The molecule has 0 aliphatic heterocycles. The Hall–Kier alpha value is -1.02. The molecule has 46 valence electrons. The summed E-state index contributed by atoms with van der Waals surface area (Å²) in [5.41, 5.74) is 0.135. The van der Waals surface area contributed by atoms with Gasteiger partial charge in [0, 0.05) is 6.42 Å². The zero-order valence-corrected chi connectivity index (χ0v) is 5.22. The molecular weight excluding hydrogens is 112 g/mol. The molecule has 1 rings (SSSR count). The monoisotopic (exact) mass is 120 g/mol. The molecule has 1 fully saturated rings. The first-order valence-electron chi connectivity index (χ1n) is 3.03. The minimum absolute atomic E-state index is 0.135. The molecule has 2 heteroatoms. The van der Waals surface area contributed by atoms with E-state index in [0.29, 0.717) is 13.0 Å². The molecule has 0 bridgehead atoms. The summed E-state index contributed by atoms with van der Waals surface area (Å²) in [6, 6.07) is 2.11. The van der Waals surface area contributed by atoms with Crippen LogP contribution in [0.1, 0.15) is 19.3 Å². The van der Waals surface area contributed by atoms with Crippen molar-refractivity contribution in [1.82, 2.24) is 0 Å². The van der Waals surface area contributed by atoms with Gasteiger partial charge in [-0.05, 0) is 12.8 Å². The third kappa shape index (κ3) is 1.21. The van der Waals surface area contributed by atoms with Gasteiger partial charge in [-0.15, -0.1) is 0 Å². The van der Waals surface area contributed by atoms with Crippen LogP contribution < -0.4 is 0 Å². The Kier molecular flexibility index (Phi) is 1.40. The Morgan fingerprint density at radius 3 is 2.67 bits per heavy atom. The molecule has 0 N–H and O–H groups in total. The highest BCUT2D eigenvalue weighted by molar-refractivity contribution is 5.03. The summed E-state index contributed by atoms with van der Waals surface area (Å²) >= 11 is 0. The van der Waals surface area contributed by atoms with Crippen molar-refractivity contribution in [1.29, 1.82) is 5.26 Å². The topological polar surface area (TPSA) is 28.1 Å². The van der Waals surface area contributed by atoms with Crippen molar-refractivity contribution in [3.8, 4) is 6.07 Å². The Morgan fingerprint density at radius 1 is 1.67 bits per heavy atom.